The smallest absolute Gasteiger partial charge is 0.375 e. The number of hydrogen-bond acceptors (Lipinski definition) is 6. The lowest BCUT2D eigenvalue weighted by Crippen LogP contribution is -2.21. The third-order valence-corrected chi connectivity index (χ3v) is 4.12. The predicted octanol–water partition coefficient (Wildman–Crippen LogP) is 3.69. The van der Waals surface area contributed by atoms with Crippen molar-refractivity contribution in [3.8, 4) is 11.5 Å². The lowest BCUT2D eigenvalue weighted by atomic mass is 10.1. The summed E-state index contributed by atoms with van der Waals surface area (Å²) in [5, 5.41) is 3.05. The first kappa shape index (κ1) is 19.2. The van der Waals surface area contributed by atoms with Crippen LogP contribution in [0, 0.1) is 12.7 Å². The Kier molecular flexibility index (Phi) is 5.49. The number of nitrogens with one attached hydrogen (secondary N) is 1. The minimum Gasteiger partial charge on any atom is -0.497 e. The second kappa shape index (κ2) is 7.99. The Morgan fingerprint density at radius 3 is 2.61 bits per heavy atom. The van der Waals surface area contributed by atoms with E-state index in [9.17, 15) is 14.0 Å². The van der Waals surface area contributed by atoms with E-state index in [-0.39, 0.29) is 11.3 Å². The van der Waals surface area contributed by atoms with Crippen LogP contribution in [0.5, 0.6) is 11.5 Å². The van der Waals surface area contributed by atoms with Gasteiger partial charge in [-0.05, 0) is 25.1 Å². The molecule has 8 heteroatoms. The van der Waals surface area contributed by atoms with Gasteiger partial charge in [0.15, 0.2) is 18.0 Å². The Bertz CT molecular complexity index is 1040. The number of hydrogen-bond donors (Lipinski definition) is 1. The molecule has 2 aromatic carbocycles. The molecule has 28 heavy (non-hydrogen) atoms. The van der Waals surface area contributed by atoms with Crippen LogP contribution >= 0.6 is 0 Å². The standard InChI is InChI=1S/C20H18FNO6/c1-11-13-5-4-6-14(21)19(13)28-18(11)20(24)27-10-17(23)22-15-9-12(25-2)7-8-16(15)26-3/h4-9H,10H2,1-3H3,(H,22,23). The third-order valence-electron chi connectivity index (χ3n) is 4.12. The van der Waals surface area contributed by atoms with Crippen molar-refractivity contribution in [1.82, 2.24) is 0 Å². The number of carbonyl (C=O) groups is 2. The summed E-state index contributed by atoms with van der Waals surface area (Å²) in [7, 11) is 2.95. The summed E-state index contributed by atoms with van der Waals surface area (Å²) in [4.78, 5) is 24.4. The average molecular weight is 387 g/mol. The van der Waals surface area contributed by atoms with Crippen LogP contribution in [0.15, 0.2) is 40.8 Å². The zero-order valence-corrected chi connectivity index (χ0v) is 15.5. The van der Waals surface area contributed by atoms with Crippen LogP contribution in [0.4, 0.5) is 10.1 Å². The first-order valence-electron chi connectivity index (χ1n) is 8.31. The van der Waals surface area contributed by atoms with Gasteiger partial charge in [0.1, 0.15) is 11.5 Å². The number of aryl methyl sites for hydroxylation is 1. The normalized spacial score (nSPS) is 10.6. The summed E-state index contributed by atoms with van der Waals surface area (Å²) in [6.45, 7) is 1.06. The summed E-state index contributed by atoms with van der Waals surface area (Å²) < 4.78 is 34.4. The van der Waals surface area contributed by atoms with E-state index in [1.165, 1.54) is 26.4 Å². The molecule has 0 unspecified atom stereocenters. The molecule has 3 rings (SSSR count). The number of halogens is 1. The molecule has 0 saturated carbocycles. The molecule has 146 valence electrons. The number of esters is 1. The Labute approximate surface area is 160 Å². The van der Waals surface area contributed by atoms with Gasteiger partial charge >= 0.3 is 5.97 Å². The number of anilines is 1. The summed E-state index contributed by atoms with van der Waals surface area (Å²) >= 11 is 0. The van der Waals surface area contributed by atoms with Crippen LogP contribution in [-0.2, 0) is 9.53 Å². The molecule has 1 N–H and O–H groups in total. The average Bonchev–Trinajstić information content (AvgIpc) is 3.04. The third kappa shape index (κ3) is 3.75. The molecule has 7 nitrogen and oxygen atoms in total. The van der Waals surface area contributed by atoms with E-state index < -0.39 is 24.3 Å². The first-order valence-corrected chi connectivity index (χ1v) is 8.31. The summed E-state index contributed by atoms with van der Waals surface area (Å²) in [6.07, 6.45) is 0. The molecule has 0 bridgehead atoms. The fourth-order valence-corrected chi connectivity index (χ4v) is 2.70. The van der Waals surface area contributed by atoms with E-state index in [1.54, 1.807) is 31.2 Å². The van der Waals surface area contributed by atoms with E-state index in [2.05, 4.69) is 5.32 Å². The van der Waals surface area contributed by atoms with Crippen LogP contribution in [0.25, 0.3) is 11.0 Å². The Morgan fingerprint density at radius 2 is 1.93 bits per heavy atom. The molecular weight excluding hydrogens is 369 g/mol. The molecule has 0 spiro atoms. The number of amides is 1. The molecule has 1 aromatic heterocycles. The van der Waals surface area contributed by atoms with Gasteiger partial charge in [0.25, 0.3) is 5.91 Å². The van der Waals surface area contributed by atoms with E-state index in [0.717, 1.165) is 0 Å². The van der Waals surface area contributed by atoms with Crippen LogP contribution in [0.2, 0.25) is 0 Å². The maximum Gasteiger partial charge on any atom is 0.375 e. The zero-order valence-electron chi connectivity index (χ0n) is 15.5. The van der Waals surface area contributed by atoms with Crippen LogP contribution in [0.3, 0.4) is 0 Å². The van der Waals surface area contributed by atoms with Gasteiger partial charge < -0.3 is 23.9 Å². The molecule has 3 aromatic rings. The number of para-hydroxylation sites is 1. The van der Waals surface area contributed by atoms with E-state index >= 15 is 0 Å². The van der Waals surface area contributed by atoms with Gasteiger partial charge in [0, 0.05) is 17.0 Å². The minimum atomic E-state index is -0.860. The zero-order chi connectivity index (χ0) is 20.3. The highest BCUT2D eigenvalue weighted by Gasteiger charge is 2.21. The highest BCUT2D eigenvalue weighted by Crippen LogP contribution is 2.29. The molecule has 0 fully saturated rings. The topological polar surface area (TPSA) is 87.0 Å². The number of furan rings is 1. The van der Waals surface area contributed by atoms with Gasteiger partial charge in [-0.25, -0.2) is 9.18 Å². The number of methoxy groups -OCH3 is 2. The molecule has 0 aliphatic heterocycles. The molecule has 0 atom stereocenters. The number of benzene rings is 2. The second-order valence-corrected chi connectivity index (χ2v) is 5.86. The first-order chi connectivity index (χ1) is 13.4. The summed E-state index contributed by atoms with van der Waals surface area (Å²) in [5.41, 5.74) is 0.775. The maximum atomic E-state index is 13.8. The van der Waals surface area contributed by atoms with Crippen molar-refractivity contribution in [2.24, 2.45) is 0 Å². The number of ether oxygens (including phenoxy) is 3. The van der Waals surface area contributed by atoms with Crippen molar-refractivity contribution in [3.63, 3.8) is 0 Å². The summed E-state index contributed by atoms with van der Waals surface area (Å²) in [6, 6.07) is 9.27. The maximum absolute atomic E-state index is 13.8. The lowest BCUT2D eigenvalue weighted by Gasteiger charge is -2.11. The van der Waals surface area contributed by atoms with Crippen molar-refractivity contribution < 1.29 is 32.6 Å². The van der Waals surface area contributed by atoms with E-state index in [4.69, 9.17) is 18.6 Å². The van der Waals surface area contributed by atoms with Crippen molar-refractivity contribution >= 4 is 28.5 Å². The molecule has 0 saturated heterocycles. The second-order valence-electron chi connectivity index (χ2n) is 5.86. The van der Waals surface area contributed by atoms with Crippen LogP contribution in [0.1, 0.15) is 16.1 Å². The van der Waals surface area contributed by atoms with Gasteiger partial charge in [-0.3, -0.25) is 4.79 Å². The molecule has 0 radical (unpaired) electrons. The molecular formula is C20H18FNO6. The minimum absolute atomic E-state index is 0.0301. The SMILES string of the molecule is COc1ccc(OC)c(NC(=O)COC(=O)c2oc3c(F)cccc3c2C)c1. The number of rotatable bonds is 6. The largest absolute Gasteiger partial charge is 0.497 e. The number of carbonyl (C=O) groups excluding carboxylic acids is 2. The van der Waals surface area contributed by atoms with Crippen molar-refractivity contribution in [1.29, 1.82) is 0 Å². The highest BCUT2D eigenvalue weighted by molar-refractivity contribution is 5.98. The quantitative estimate of drug-likeness (QED) is 0.649. The van der Waals surface area contributed by atoms with Gasteiger partial charge in [-0.2, -0.15) is 0 Å². The predicted molar refractivity (Wildman–Crippen MR) is 99.4 cm³/mol. The lowest BCUT2D eigenvalue weighted by molar-refractivity contribution is -0.119. The molecule has 1 heterocycles. The highest BCUT2D eigenvalue weighted by atomic mass is 19.1. The Balaban J connectivity index is 1.69. The fourth-order valence-electron chi connectivity index (χ4n) is 2.70. The van der Waals surface area contributed by atoms with E-state index in [1.807, 2.05) is 0 Å². The van der Waals surface area contributed by atoms with Gasteiger partial charge in [-0.1, -0.05) is 12.1 Å². The van der Waals surface area contributed by atoms with Gasteiger partial charge in [-0.15, -0.1) is 0 Å². The van der Waals surface area contributed by atoms with Crippen molar-refractivity contribution in [3.05, 3.63) is 53.5 Å². The Hall–Kier alpha value is -3.55. The number of fused-ring (bicyclic) bond motifs is 1. The van der Waals surface area contributed by atoms with Gasteiger partial charge in [0.2, 0.25) is 5.76 Å². The monoisotopic (exact) mass is 387 g/mol. The van der Waals surface area contributed by atoms with Gasteiger partial charge in [0.05, 0.1) is 19.9 Å². The fraction of sp³-hybridized carbons (Fsp3) is 0.200. The van der Waals surface area contributed by atoms with E-state index in [0.29, 0.717) is 28.1 Å². The molecule has 0 aliphatic rings. The summed E-state index contributed by atoms with van der Waals surface area (Å²) in [5.74, 6) is -1.23. The van der Waals surface area contributed by atoms with Crippen LogP contribution in [-0.4, -0.2) is 32.7 Å². The molecule has 0 aliphatic carbocycles. The Morgan fingerprint density at radius 1 is 1.14 bits per heavy atom. The van der Waals surface area contributed by atoms with Crippen molar-refractivity contribution in [2.45, 2.75) is 6.92 Å². The van der Waals surface area contributed by atoms with Crippen molar-refractivity contribution in [2.75, 3.05) is 26.1 Å². The van der Waals surface area contributed by atoms with Crippen LogP contribution < -0.4 is 14.8 Å². The molecule has 1 amide bonds.